The highest BCUT2D eigenvalue weighted by Crippen LogP contribution is 2.17. The highest BCUT2D eigenvalue weighted by atomic mass is 16.7. The van der Waals surface area contributed by atoms with Gasteiger partial charge in [0.25, 0.3) is 0 Å². The van der Waals surface area contributed by atoms with E-state index in [-0.39, 0.29) is 5.69 Å². The van der Waals surface area contributed by atoms with Crippen LogP contribution in [0.25, 0.3) is 17.0 Å². The summed E-state index contributed by atoms with van der Waals surface area (Å²) >= 11 is 0. The molecule has 0 saturated heterocycles. The molecule has 0 radical (unpaired) electrons. The molecule has 3 aromatic rings. The van der Waals surface area contributed by atoms with Crippen molar-refractivity contribution in [2.24, 2.45) is 0 Å². The predicted octanol–water partition coefficient (Wildman–Crippen LogP) is 1.38. The van der Waals surface area contributed by atoms with Crippen LogP contribution in [-0.2, 0) is 6.42 Å². The number of carbonyl (C=O) groups is 1. The van der Waals surface area contributed by atoms with Crippen LogP contribution in [0.2, 0.25) is 0 Å². The molecule has 1 aromatic carbocycles. The fourth-order valence-corrected chi connectivity index (χ4v) is 2.37. The molecule has 7 nitrogen and oxygen atoms in total. The van der Waals surface area contributed by atoms with Gasteiger partial charge in [0.2, 0.25) is 0 Å². The number of carbonyl (C=O) groups excluding carboxylic acids is 1. The normalized spacial score (nSPS) is 13.3. The highest BCUT2D eigenvalue weighted by molar-refractivity contribution is 6.01. The smallest absolute Gasteiger partial charge is 0.310 e. The predicted molar refractivity (Wildman–Crippen MR) is 74.4 cm³/mol. The lowest BCUT2D eigenvalue weighted by atomic mass is 10.1. The van der Waals surface area contributed by atoms with Crippen molar-refractivity contribution in [2.45, 2.75) is 12.8 Å². The summed E-state index contributed by atoms with van der Waals surface area (Å²) in [4.78, 5) is 18.7. The molecule has 0 aliphatic heterocycles. The number of rotatable bonds is 2. The molecule has 104 valence electrons. The van der Waals surface area contributed by atoms with Crippen LogP contribution in [0.1, 0.15) is 28.3 Å². The van der Waals surface area contributed by atoms with Gasteiger partial charge in [0.1, 0.15) is 5.69 Å². The van der Waals surface area contributed by atoms with E-state index in [9.17, 15) is 4.79 Å². The molecule has 2 heterocycles. The van der Waals surface area contributed by atoms with Gasteiger partial charge in [0, 0.05) is 5.39 Å². The number of aromatic nitrogens is 5. The van der Waals surface area contributed by atoms with Crippen LogP contribution in [0.3, 0.4) is 0 Å². The lowest BCUT2D eigenvalue weighted by Gasteiger charge is -2.05. The number of hydrogen-bond donors (Lipinski definition) is 1. The van der Waals surface area contributed by atoms with Crippen molar-refractivity contribution in [1.29, 1.82) is 0 Å². The minimum Gasteiger partial charge on any atom is -0.310 e. The highest BCUT2D eigenvalue weighted by Gasteiger charge is 2.20. The quantitative estimate of drug-likeness (QED) is 0.717. The molecule has 0 fully saturated rings. The first-order chi connectivity index (χ1) is 10.3. The van der Waals surface area contributed by atoms with Gasteiger partial charge in [-0.1, -0.05) is 29.1 Å². The third-order valence-corrected chi connectivity index (χ3v) is 3.41. The Morgan fingerprint density at radius 3 is 3.19 bits per heavy atom. The molecule has 0 unspecified atom stereocenters. The SMILES string of the molecule is O=C(On1nnc2c1C=CCC2)c1n[nH]c2ccccc12. The van der Waals surface area contributed by atoms with Gasteiger partial charge in [0.15, 0.2) is 5.69 Å². The Morgan fingerprint density at radius 1 is 1.33 bits per heavy atom. The number of aromatic amines is 1. The molecule has 1 aliphatic carbocycles. The van der Waals surface area contributed by atoms with Crippen LogP contribution in [0, 0.1) is 0 Å². The summed E-state index contributed by atoms with van der Waals surface area (Å²) in [7, 11) is 0. The molecule has 0 amide bonds. The zero-order chi connectivity index (χ0) is 14.2. The van der Waals surface area contributed by atoms with Crippen molar-refractivity contribution in [3.05, 3.63) is 47.4 Å². The maximum atomic E-state index is 12.3. The number of hydrogen-bond acceptors (Lipinski definition) is 5. The largest absolute Gasteiger partial charge is 0.386 e. The fourth-order valence-electron chi connectivity index (χ4n) is 2.37. The van der Waals surface area contributed by atoms with E-state index in [2.05, 4.69) is 20.5 Å². The summed E-state index contributed by atoms with van der Waals surface area (Å²) in [5.41, 5.74) is 2.55. The van der Waals surface area contributed by atoms with Crippen molar-refractivity contribution in [2.75, 3.05) is 0 Å². The van der Waals surface area contributed by atoms with Gasteiger partial charge >= 0.3 is 5.97 Å². The fraction of sp³-hybridized carbons (Fsp3) is 0.143. The monoisotopic (exact) mass is 281 g/mol. The van der Waals surface area contributed by atoms with Crippen LogP contribution in [-0.4, -0.2) is 31.3 Å². The number of nitrogens with one attached hydrogen (secondary N) is 1. The number of aryl methyl sites for hydroxylation is 1. The van der Waals surface area contributed by atoms with Gasteiger partial charge in [-0.15, -0.1) is 5.10 Å². The summed E-state index contributed by atoms with van der Waals surface area (Å²) in [5.74, 6) is -0.570. The zero-order valence-electron chi connectivity index (χ0n) is 11.0. The van der Waals surface area contributed by atoms with Gasteiger partial charge in [-0.3, -0.25) is 5.10 Å². The van der Waals surface area contributed by atoms with E-state index in [0.29, 0.717) is 11.1 Å². The van der Waals surface area contributed by atoms with Gasteiger partial charge < -0.3 is 4.84 Å². The van der Waals surface area contributed by atoms with Gasteiger partial charge in [-0.25, -0.2) is 4.79 Å². The molecule has 0 atom stereocenters. The number of benzene rings is 1. The number of allylic oxidation sites excluding steroid dienone is 1. The molecule has 4 rings (SSSR count). The second-order valence-corrected chi connectivity index (χ2v) is 4.73. The van der Waals surface area contributed by atoms with Crippen LogP contribution in [0.5, 0.6) is 0 Å². The molecular weight excluding hydrogens is 270 g/mol. The number of H-pyrrole nitrogens is 1. The van der Waals surface area contributed by atoms with E-state index in [1.165, 1.54) is 0 Å². The molecule has 0 spiro atoms. The topological polar surface area (TPSA) is 85.7 Å². The van der Waals surface area contributed by atoms with Crippen molar-refractivity contribution in [3.8, 4) is 0 Å². The Labute approximate surface area is 119 Å². The van der Waals surface area contributed by atoms with Crippen LogP contribution in [0.4, 0.5) is 0 Å². The van der Waals surface area contributed by atoms with E-state index in [0.717, 1.165) is 28.9 Å². The van der Waals surface area contributed by atoms with E-state index in [1.54, 1.807) is 0 Å². The average Bonchev–Trinajstić information content (AvgIpc) is 3.12. The average molecular weight is 281 g/mol. The van der Waals surface area contributed by atoms with E-state index in [1.807, 2.05) is 36.4 Å². The maximum Gasteiger partial charge on any atom is 0.386 e. The Balaban J connectivity index is 1.67. The standard InChI is InChI=1S/C14H11N5O2/c20-14(13-9-5-1-2-6-10(9)15-17-13)21-19-12-8-4-3-7-11(12)16-18-19/h1-2,4-6,8H,3,7H2,(H,15,17). The second kappa shape index (κ2) is 4.55. The molecule has 1 N–H and O–H groups in total. The molecule has 0 saturated carbocycles. The first kappa shape index (κ1) is 11.8. The van der Waals surface area contributed by atoms with Crippen molar-refractivity contribution >= 4 is 22.9 Å². The summed E-state index contributed by atoms with van der Waals surface area (Å²) in [6, 6.07) is 7.37. The van der Waals surface area contributed by atoms with Gasteiger partial charge in [-0.2, -0.15) is 5.10 Å². The first-order valence-corrected chi connectivity index (χ1v) is 6.60. The van der Waals surface area contributed by atoms with Gasteiger partial charge in [-0.05, 0) is 30.2 Å². The van der Waals surface area contributed by atoms with Crippen LogP contribution in [0.15, 0.2) is 30.3 Å². The zero-order valence-corrected chi connectivity index (χ0v) is 11.0. The minimum atomic E-state index is -0.570. The van der Waals surface area contributed by atoms with Crippen molar-refractivity contribution in [1.82, 2.24) is 25.4 Å². The minimum absolute atomic E-state index is 0.231. The molecule has 0 bridgehead atoms. The van der Waals surface area contributed by atoms with Crippen molar-refractivity contribution in [3.63, 3.8) is 0 Å². The first-order valence-electron chi connectivity index (χ1n) is 6.60. The summed E-state index contributed by atoms with van der Waals surface area (Å²) in [6.45, 7) is 0. The van der Waals surface area contributed by atoms with Crippen LogP contribution < -0.4 is 4.84 Å². The lowest BCUT2D eigenvalue weighted by molar-refractivity contribution is 0.0375. The number of nitrogens with zero attached hydrogens (tertiary/aromatic N) is 4. The van der Waals surface area contributed by atoms with Crippen molar-refractivity contribution < 1.29 is 9.63 Å². The molecule has 1 aliphatic rings. The van der Waals surface area contributed by atoms with E-state index >= 15 is 0 Å². The third kappa shape index (κ3) is 1.90. The van der Waals surface area contributed by atoms with Gasteiger partial charge in [0.05, 0.1) is 11.2 Å². The second-order valence-electron chi connectivity index (χ2n) is 4.73. The Bertz CT molecular complexity index is 861. The number of para-hydroxylation sites is 1. The molecular formula is C14H11N5O2. The Morgan fingerprint density at radius 2 is 2.24 bits per heavy atom. The maximum absolute atomic E-state index is 12.3. The summed E-state index contributed by atoms with van der Waals surface area (Å²) < 4.78 is 0. The Hall–Kier alpha value is -2.96. The number of fused-ring (bicyclic) bond motifs is 2. The molecule has 21 heavy (non-hydrogen) atoms. The van der Waals surface area contributed by atoms with E-state index in [4.69, 9.17) is 4.84 Å². The van der Waals surface area contributed by atoms with E-state index < -0.39 is 5.97 Å². The Kier molecular flexibility index (Phi) is 2.56. The van der Waals surface area contributed by atoms with Crippen LogP contribution >= 0.6 is 0 Å². The molecule has 7 heteroatoms. The lowest BCUT2D eigenvalue weighted by Crippen LogP contribution is -2.23. The summed E-state index contributed by atoms with van der Waals surface area (Å²) in [5, 5.41) is 15.4. The third-order valence-electron chi connectivity index (χ3n) is 3.41. The molecule has 2 aromatic heterocycles. The summed E-state index contributed by atoms with van der Waals surface area (Å²) in [6.07, 6.45) is 5.58.